The van der Waals surface area contributed by atoms with Crippen LogP contribution >= 0.6 is 0 Å². The summed E-state index contributed by atoms with van der Waals surface area (Å²) in [5.41, 5.74) is -0.0446. The molecular formula is C23H38N2O3. The molecule has 1 atom stereocenters. The Bertz CT molecular complexity index is 582. The highest BCUT2D eigenvalue weighted by atomic mass is 16.5. The number of likely N-dealkylation sites (tertiary alicyclic amines) is 1. The van der Waals surface area contributed by atoms with Crippen LogP contribution in [0.15, 0.2) is 24.3 Å². The van der Waals surface area contributed by atoms with Gasteiger partial charge >= 0.3 is 0 Å². The molecule has 0 spiro atoms. The van der Waals surface area contributed by atoms with Crippen LogP contribution in [0.4, 0.5) is 5.69 Å². The number of nitrogens with one attached hydrogen (secondary N) is 1. The first-order valence-corrected chi connectivity index (χ1v) is 10.8. The fraction of sp³-hybridized carbons (Fsp3) is 0.696. The number of carbonyl (C=O) groups excluding carboxylic acids is 1. The second-order valence-electron chi connectivity index (χ2n) is 8.41. The summed E-state index contributed by atoms with van der Waals surface area (Å²) < 4.78 is 11.8. The molecule has 1 aromatic carbocycles. The topological polar surface area (TPSA) is 50.8 Å². The predicted molar refractivity (Wildman–Crippen MR) is 115 cm³/mol. The van der Waals surface area contributed by atoms with Crippen molar-refractivity contribution in [2.75, 3.05) is 38.2 Å². The minimum absolute atomic E-state index is 0.0894. The summed E-state index contributed by atoms with van der Waals surface area (Å²) >= 11 is 0. The minimum atomic E-state index is -0.812. The molecule has 158 valence electrons. The van der Waals surface area contributed by atoms with Crippen molar-refractivity contribution in [2.24, 2.45) is 5.92 Å². The first kappa shape index (κ1) is 22.7. The average molecular weight is 391 g/mol. The number of hydrogen-bond acceptors (Lipinski definition) is 4. The van der Waals surface area contributed by atoms with E-state index in [-0.39, 0.29) is 5.91 Å². The van der Waals surface area contributed by atoms with Crippen molar-refractivity contribution in [3.63, 3.8) is 0 Å². The Hall–Kier alpha value is -1.59. The number of piperidine rings is 1. The van der Waals surface area contributed by atoms with E-state index in [2.05, 4.69) is 31.0 Å². The third-order valence-corrected chi connectivity index (χ3v) is 5.14. The van der Waals surface area contributed by atoms with Crippen molar-refractivity contribution in [3.05, 3.63) is 24.3 Å². The van der Waals surface area contributed by atoms with Crippen LogP contribution in [0.25, 0.3) is 0 Å². The van der Waals surface area contributed by atoms with Crippen LogP contribution in [-0.2, 0) is 9.53 Å². The summed E-state index contributed by atoms with van der Waals surface area (Å²) in [6, 6.07) is 7.62. The average Bonchev–Trinajstić information content (AvgIpc) is 2.68. The molecule has 1 aliphatic rings. The highest BCUT2D eigenvalue weighted by Gasteiger charge is 2.34. The lowest BCUT2D eigenvalue weighted by atomic mass is 9.93. The maximum absolute atomic E-state index is 12.8. The lowest BCUT2D eigenvalue weighted by Crippen LogP contribution is -2.44. The van der Waals surface area contributed by atoms with Crippen LogP contribution < -0.4 is 10.1 Å². The van der Waals surface area contributed by atoms with Gasteiger partial charge in [0.25, 0.3) is 5.91 Å². The van der Waals surface area contributed by atoms with Crippen molar-refractivity contribution in [2.45, 2.75) is 65.4 Å². The summed E-state index contributed by atoms with van der Waals surface area (Å²) in [4.78, 5) is 15.3. The lowest BCUT2D eigenvalue weighted by Gasteiger charge is -2.30. The fourth-order valence-corrected chi connectivity index (χ4v) is 3.70. The molecule has 0 bridgehead atoms. The molecule has 1 fully saturated rings. The zero-order chi connectivity index (χ0) is 20.4. The molecule has 0 unspecified atom stereocenters. The van der Waals surface area contributed by atoms with E-state index < -0.39 is 5.60 Å². The predicted octanol–water partition coefficient (Wildman–Crippen LogP) is 4.72. The number of anilines is 1. The Morgan fingerprint density at radius 1 is 1.14 bits per heavy atom. The van der Waals surface area contributed by atoms with Crippen molar-refractivity contribution in [1.29, 1.82) is 0 Å². The van der Waals surface area contributed by atoms with Crippen LogP contribution in [0.5, 0.6) is 5.75 Å². The van der Waals surface area contributed by atoms with Crippen LogP contribution in [0.2, 0.25) is 0 Å². The van der Waals surface area contributed by atoms with Gasteiger partial charge in [-0.2, -0.15) is 0 Å². The number of ether oxygens (including phenoxy) is 2. The maximum Gasteiger partial charge on any atom is 0.256 e. The minimum Gasteiger partial charge on any atom is -0.492 e. The molecule has 1 heterocycles. The molecule has 28 heavy (non-hydrogen) atoms. The first-order valence-electron chi connectivity index (χ1n) is 10.8. The quantitative estimate of drug-likeness (QED) is 0.594. The zero-order valence-corrected chi connectivity index (χ0v) is 18.1. The van der Waals surface area contributed by atoms with Crippen LogP contribution in [-0.4, -0.2) is 49.3 Å². The summed E-state index contributed by atoms with van der Waals surface area (Å²) in [5.74, 6) is 1.12. The number of benzene rings is 1. The van der Waals surface area contributed by atoms with E-state index >= 15 is 0 Å². The van der Waals surface area contributed by atoms with E-state index in [1.54, 1.807) is 0 Å². The molecule has 0 aliphatic carbocycles. The Morgan fingerprint density at radius 2 is 1.82 bits per heavy atom. The van der Waals surface area contributed by atoms with Crippen LogP contribution in [0, 0.1) is 5.92 Å². The van der Waals surface area contributed by atoms with Gasteiger partial charge in [-0.15, -0.1) is 0 Å². The number of amides is 1. The van der Waals surface area contributed by atoms with Gasteiger partial charge in [-0.1, -0.05) is 27.2 Å². The molecule has 0 aromatic heterocycles. The smallest absolute Gasteiger partial charge is 0.256 e. The van der Waals surface area contributed by atoms with Gasteiger partial charge in [-0.25, -0.2) is 0 Å². The van der Waals surface area contributed by atoms with E-state index in [4.69, 9.17) is 9.47 Å². The van der Waals surface area contributed by atoms with Gasteiger partial charge in [0.1, 0.15) is 18.0 Å². The zero-order valence-electron chi connectivity index (χ0n) is 18.1. The van der Waals surface area contributed by atoms with Gasteiger partial charge in [-0.3, -0.25) is 9.69 Å². The standard InChI is InChI=1S/C23H38N2O3/c1-5-16-28-23(4,18-19(2)3)22(26)24-20-9-11-21(12-10-20)27-17-15-25-13-7-6-8-14-25/h9-12,19H,5-8,13-18H2,1-4H3,(H,24,26)/t23-/m0/s1. The molecule has 1 amide bonds. The SMILES string of the molecule is CCCO[C@@](C)(CC(C)C)C(=O)Nc1ccc(OCCN2CCCCC2)cc1. The largest absolute Gasteiger partial charge is 0.492 e. The molecule has 1 aliphatic heterocycles. The summed E-state index contributed by atoms with van der Waals surface area (Å²) in [5, 5.41) is 3.00. The van der Waals surface area contributed by atoms with E-state index in [1.807, 2.05) is 31.2 Å². The van der Waals surface area contributed by atoms with Gasteiger partial charge < -0.3 is 14.8 Å². The van der Waals surface area contributed by atoms with E-state index in [1.165, 1.54) is 32.4 Å². The van der Waals surface area contributed by atoms with E-state index in [0.29, 0.717) is 25.6 Å². The number of rotatable bonds is 11. The Morgan fingerprint density at radius 3 is 2.43 bits per heavy atom. The Kier molecular flexibility index (Phi) is 9.26. The highest BCUT2D eigenvalue weighted by Crippen LogP contribution is 2.24. The maximum atomic E-state index is 12.8. The molecule has 1 saturated heterocycles. The van der Waals surface area contributed by atoms with Crippen molar-refractivity contribution in [3.8, 4) is 5.75 Å². The van der Waals surface area contributed by atoms with Crippen molar-refractivity contribution < 1.29 is 14.3 Å². The van der Waals surface area contributed by atoms with Crippen molar-refractivity contribution >= 4 is 11.6 Å². The van der Waals surface area contributed by atoms with Gasteiger partial charge in [0.2, 0.25) is 0 Å². The number of carbonyl (C=O) groups is 1. The third-order valence-electron chi connectivity index (χ3n) is 5.14. The van der Waals surface area contributed by atoms with E-state index in [9.17, 15) is 4.79 Å². The van der Waals surface area contributed by atoms with Crippen LogP contribution in [0.1, 0.15) is 59.8 Å². The fourth-order valence-electron chi connectivity index (χ4n) is 3.70. The molecule has 1 aromatic rings. The monoisotopic (exact) mass is 390 g/mol. The molecule has 1 N–H and O–H groups in total. The summed E-state index contributed by atoms with van der Waals surface area (Å²) in [6.07, 6.45) is 5.53. The molecule has 5 nitrogen and oxygen atoms in total. The molecule has 2 rings (SSSR count). The van der Waals surface area contributed by atoms with Gasteiger partial charge in [0.05, 0.1) is 0 Å². The Balaban J connectivity index is 1.84. The lowest BCUT2D eigenvalue weighted by molar-refractivity contribution is -0.141. The first-order chi connectivity index (χ1) is 13.4. The number of hydrogen-bond donors (Lipinski definition) is 1. The van der Waals surface area contributed by atoms with E-state index in [0.717, 1.165) is 24.4 Å². The normalized spacial score (nSPS) is 17.3. The molecule has 5 heteroatoms. The molecule has 0 saturated carbocycles. The summed E-state index contributed by atoms with van der Waals surface area (Å²) in [6.45, 7) is 12.8. The second kappa shape index (κ2) is 11.4. The van der Waals surface area contributed by atoms with Gasteiger partial charge in [0, 0.05) is 18.8 Å². The van der Waals surface area contributed by atoms with Crippen molar-refractivity contribution in [1.82, 2.24) is 4.90 Å². The second-order valence-corrected chi connectivity index (χ2v) is 8.41. The Labute approximate surface area is 170 Å². The van der Waals surface area contributed by atoms with Gasteiger partial charge in [-0.05, 0) is 75.9 Å². The molecule has 0 radical (unpaired) electrons. The third kappa shape index (κ3) is 7.44. The van der Waals surface area contributed by atoms with Crippen LogP contribution in [0.3, 0.4) is 0 Å². The highest BCUT2D eigenvalue weighted by molar-refractivity contribution is 5.97. The van der Waals surface area contributed by atoms with Gasteiger partial charge in [0.15, 0.2) is 0 Å². The number of nitrogens with zero attached hydrogens (tertiary/aromatic N) is 1. The molecular weight excluding hydrogens is 352 g/mol. The summed E-state index contributed by atoms with van der Waals surface area (Å²) in [7, 11) is 0.